The number of likely N-dealkylation sites (N-methyl/N-ethyl adjacent to an activating group) is 1. The van der Waals surface area contributed by atoms with Gasteiger partial charge in [0.1, 0.15) is 5.82 Å². The number of nitrogens with one attached hydrogen (secondary N) is 2. The van der Waals surface area contributed by atoms with Crippen LogP contribution in [0, 0.1) is 0 Å². The monoisotopic (exact) mass is 420 g/mol. The van der Waals surface area contributed by atoms with Crippen molar-refractivity contribution in [3.63, 3.8) is 0 Å². The van der Waals surface area contributed by atoms with Crippen molar-refractivity contribution in [2.75, 3.05) is 45.2 Å². The summed E-state index contributed by atoms with van der Waals surface area (Å²) in [7, 11) is 3.90. The number of anilines is 1. The van der Waals surface area contributed by atoms with Crippen molar-refractivity contribution in [3.05, 3.63) is 57.7 Å². The summed E-state index contributed by atoms with van der Waals surface area (Å²) >= 11 is 12.2. The summed E-state index contributed by atoms with van der Waals surface area (Å²) in [5.74, 6) is 1.74. The highest BCUT2D eigenvalue weighted by Gasteiger charge is 2.14. The maximum Gasteiger partial charge on any atom is 0.191 e. The molecule has 1 saturated heterocycles. The zero-order valence-corrected chi connectivity index (χ0v) is 17.8. The van der Waals surface area contributed by atoms with E-state index >= 15 is 0 Å². The van der Waals surface area contributed by atoms with E-state index in [-0.39, 0.29) is 0 Å². The first-order chi connectivity index (χ1) is 13.5. The maximum atomic E-state index is 6.22. The fourth-order valence-electron chi connectivity index (χ4n) is 2.99. The minimum Gasteiger partial charge on any atom is -0.354 e. The van der Waals surface area contributed by atoms with Gasteiger partial charge in [0.25, 0.3) is 0 Å². The molecule has 0 spiro atoms. The Hall–Kier alpha value is -2.02. The van der Waals surface area contributed by atoms with Crippen LogP contribution in [0.2, 0.25) is 10.0 Å². The van der Waals surface area contributed by atoms with E-state index in [1.54, 1.807) is 13.1 Å². The Morgan fingerprint density at radius 3 is 2.46 bits per heavy atom. The third-order valence-electron chi connectivity index (χ3n) is 4.78. The van der Waals surface area contributed by atoms with E-state index in [2.05, 4.69) is 49.6 Å². The molecule has 0 aliphatic carbocycles. The fraction of sp³-hybridized carbons (Fsp3) is 0.400. The minimum absolute atomic E-state index is 0.566. The molecule has 150 valence electrons. The van der Waals surface area contributed by atoms with Gasteiger partial charge < -0.3 is 20.4 Å². The summed E-state index contributed by atoms with van der Waals surface area (Å²) in [5, 5.41) is 7.83. The molecule has 2 heterocycles. The van der Waals surface area contributed by atoms with Gasteiger partial charge in [0.15, 0.2) is 5.96 Å². The molecule has 0 unspecified atom stereocenters. The van der Waals surface area contributed by atoms with E-state index in [0.717, 1.165) is 43.1 Å². The summed E-state index contributed by atoms with van der Waals surface area (Å²) in [6, 6.07) is 9.67. The molecule has 1 aliphatic rings. The Balaban J connectivity index is 1.49. The van der Waals surface area contributed by atoms with E-state index in [1.807, 2.05) is 18.3 Å². The summed E-state index contributed by atoms with van der Waals surface area (Å²) in [6.45, 7) is 5.39. The van der Waals surface area contributed by atoms with Gasteiger partial charge in [0, 0.05) is 62.6 Å². The number of benzene rings is 1. The molecule has 28 heavy (non-hydrogen) atoms. The van der Waals surface area contributed by atoms with Crippen molar-refractivity contribution in [3.8, 4) is 0 Å². The van der Waals surface area contributed by atoms with Crippen LogP contribution in [0.5, 0.6) is 0 Å². The third kappa shape index (κ3) is 5.74. The number of guanidine groups is 1. The zero-order chi connectivity index (χ0) is 19.9. The van der Waals surface area contributed by atoms with Gasteiger partial charge >= 0.3 is 0 Å². The Kier molecular flexibility index (Phi) is 7.36. The predicted octanol–water partition coefficient (Wildman–Crippen LogP) is 3.01. The van der Waals surface area contributed by atoms with Crippen LogP contribution in [-0.2, 0) is 13.1 Å². The highest BCUT2D eigenvalue weighted by molar-refractivity contribution is 6.35. The average Bonchev–Trinajstić information content (AvgIpc) is 2.70. The van der Waals surface area contributed by atoms with Crippen molar-refractivity contribution < 1.29 is 0 Å². The van der Waals surface area contributed by atoms with Crippen molar-refractivity contribution in [2.24, 2.45) is 4.99 Å². The molecule has 0 radical (unpaired) electrons. The normalized spacial score (nSPS) is 15.6. The highest BCUT2D eigenvalue weighted by Crippen LogP contribution is 2.20. The van der Waals surface area contributed by atoms with Crippen LogP contribution in [-0.4, -0.2) is 56.1 Å². The van der Waals surface area contributed by atoms with Crippen molar-refractivity contribution in [2.45, 2.75) is 13.1 Å². The summed E-state index contributed by atoms with van der Waals surface area (Å²) < 4.78 is 0. The number of pyridine rings is 1. The number of rotatable bonds is 5. The quantitative estimate of drug-likeness (QED) is 0.574. The van der Waals surface area contributed by atoms with Crippen molar-refractivity contribution in [1.82, 2.24) is 20.5 Å². The van der Waals surface area contributed by atoms with Gasteiger partial charge in [0.2, 0.25) is 0 Å². The Labute approximate surface area is 176 Å². The van der Waals surface area contributed by atoms with E-state index in [9.17, 15) is 0 Å². The van der Waals surface area contributed by atoms with Gasteiger partial charge in [-0.25, -0.2) is 4.98 Å². The van der Waals surface area contributed by atoms with Gasteiger partial charge in [-0.15, -0.1) is 0 Å². The maximum absolute atomic E-state index is 6.22. The van der Waals surface area contributed by atoms with Crippen LogP contribution in [0.1, 0.15) is 11.1 Å². The number of nitrogens with zero attached hydrogens (tertiary/aromatic N) is 4. The molecule has 0 atom stereocenters. The summed E-state index contributed by atoms with van der Waals surface area (Å²) in [5.41, 5.74) is 2.07. The summed E-state index contributed by atoms with van der Waals surface area (Å²) in [4.78, 5) is 13.5. The number of halogens is 2. The molecule has 2 N–H and O–H groups in total. The van der Waals surface area contributed by atoms with Crippen LogP contribution in [0.25, 0.3) is 0 Å². The molecule has 6 nitrogen and oxygen atoms in total. The standard InChI is InChI=1S/C20H26Cl2N6/c1-23-20(26-14-16-4-5-17(21)11-18(16)22)25-13-15-3-6-19(24-12-15)28-9-7-27(2)8-10-28/h3-6,11-12H,7-10,13-14H2,1-2H3,(H2,23,25,26). The van der Waals surface area contributed by atoms with Gasteiger partial charge in [-0.2, -0.15) is 0 Å². The predicted molar refractivity (Wildman–Crippen MR) is 117 cm³/mol. The summed E-state index contributed by atoms with van der Waals surface area (Å²) in [6.07, 6.45) is 1.92. The Morgan fingerprint density at radius 2 is 1.82 bits per heavy atom. The zero-order valence-electron chi connectivity index (χ0n) is 16.3. The van der Waals surface area contributed by atoms with Crippen LogP contribution in [0.15, 0.2) is 41.5 Å². The molecule has 2 aromatic rings. The lowest BCUT2D eigenvalue weighted by Gasteiger charge is -2.33. The second kappa shape index (κ2) is 9.96. The topological polar surface area (TPSA) is 55.8 Å². The van der Waals surface area contributed by atoms with Crippen molar-refractivity contribution >= 4 is 35.0 Å². The lowest BCUT2D eigenvalue weighted by molar-refractivity contribution is 0.312. The van der Waals surface area contributed by atoms with E-state index in [0.29, 0.717) is 29.1 Å². The van der Waals surface area contributed by atoms with Gasteiger partial charge in [-0.1, -0.05) is 35.3 Å². The lowest BCUT2D eigenvalue weighted by atomic mass is 10.2. The third-order valence-corrected chi connectivity index (χ3v) is 5.37. The first kappa shape index (κ1) is 20.7. The van der Waals surface area contributed by atoms with E-state index in [1.165, 1.54) is 0 Å². The molecule has 0 bridgehead atoms. The van der Waals surface area contributed by atoms with Crippen LogP contribution < -0.4 is 15.5 Å². The van der Waals surface area contributed by atoms with Crippen LogP contribution in [0.4, 0.5) is 5.82 Å². The lowest BCUT2D eigenvalue weighted by Crippen LogP contribution is -2.44. The highest BCUT2D eigenvalue weighted by atomic mass is 35.5. The second-order valence-corrected chi connectivity index (χ2v) is 7.67. The van der Waals surface area contributed by atoms with Gasteiger partial charge in [0.05, 0.1) is 0 Å². The van der Waals surface area contributed by atoms with Gasteiger partial charge in [-0.05, 0) is 36.4 Å². The SMILES string of the molecule is CN=C(NCc1ccc(N2CCN(C)CC2)nc1)NCc1ccc(Cl)cc1Cl. The largest absolute Gasteiger partial charge is 0.354 e. The molecule has 0 amide bonds. The number of piperazine rings is 1. The fourth-order valence-corrected chi connectivity index (χ4v) is 3.47. The minimum atomic E-state index is 0.566. The van der Waals surface area contributed by atoms with Crippen LogP contribution in [0.3, 0.4) is 0 Å². The second-order valence-electron chi connectivity index (χ2n) is 6.83. The smallest absolute Gasteiger partial charge is 0.191 e. The van der Waals surface area contributed by atoms with Crippen LogP contribution >= 0.6 is 23.2 Å². The molecule has 1 aromatic heterocycles. The number of aromatic nitrogens is 1. The molecule has 1 fully saturated rings. The van der Waals surface area contributed by atoms with Gasteiger partial charge in [-0.3, -0.25) is 4.99 Å². The van der Waals surface area contributed by atoms with E-state index in [4.69, 9.17) is 23.2 Å². The molecular weight excluding hydrogens is 395 g/mol. The molecule has 0 saturated carbocycles. The molecule has 8 heteroatoms. The molecule has 1 aliphatic heterocycles. The number of aliphatic imine (C=N–C) groups is 1. The Bertz CT molecular complexity index is 801. The average molecular weight is 421 g/mol. The first-order valence-electron chi connectivity index (χ1n) is 9.32. The Morgan fingerprint density at radius 1 is 1.07 bits per heavy atom. The van der Waals surface area contributed by atoms with E-state index < -0.39 is 0 Å². The molecule has 1 aromatic carbocycles. The number of hydrogen-bond acceptors (Lipinski definition) is 4. The molecule has 3 rings (SSSR count). The molecular formula is C20H26Cl2N6. The van der Waals surface area contributed by atoms with Crippen molar-refractivity contribution in [1.29, 1.82) is 0 Å². The number of hydrogen-bond donors (Lipinski definition) is 2. The first-order valence-corrected chi connectivity index (χ1v) is 10.1.